The van der Waals surface area contributed by atoms with Gasteiger partial charge in [-0.2, -0.15) is 4.57 Å². The molecule has 2 aliphatic rings. The number of aliphatic carboxylic acids is 1. The minimum atomic E-state index is -1.39. The Kier molecular flexibility index (Phi) is 8.41. The first-order valence-electron chi connectivity index (χ1n) is 10.5. The Hall–Kier alpha value is -2.38. The van der Waals surface area contributed by atoms with Crippen LogP contribution in [0.2, 0.25) is 10.3 Å². The van der Waals surface area contributed by atoms with Gasteiger partial charge in [0.2, 0.25) is 6.54 Å². The van der Waals surface area contributed by atoms with E-state index in [0.29, 0.717) is 28.5 Å². The molecule has 2 aromatic rings. The first kappa shape index (κ1) is 26.7. The van der Waals surface area contributed by atoms with Gasteiger partial charge in [-0.15, -0.1) is 23.5 Å². The van der Waals surface area contributed by atoms with Gasteiger partial charge < -0.3 is 21.0 Å². The zero-order valence-corrected chi connectivity index (χ0v) is 22.4. The van der Waals surface area contributed by atoms with Gasteiger partial charge in [0.15, 0.2) is 12.4 Å². The van der Waals surface area contributed by atoms with Gasteiger partial charge in [0, 0.05) is 35.0 Å². The topological polar surface area (TPSA) is 132 Å². The molecule has 2 amide bonds. The van der Waals surface area contributed by atoms with E-state index < -0.39 is 23.3 Å². The van der Waals surface area contributed by atoms with Gasteiger partial charge in [0.05, 0.1) is 16.7 Å². The van der Waals surface area contributed by atoms with Crippen molar-refractivity contribution in [3.63, 3.8) is 0 Å². The van der Waals surface area contributed by atoms with Gasteiger partial charge in [0.1, 0.15) is 21.7 Å². The molecule has 0 aliphatic carbocycles. The monoisotopic (exact) mass is 583 g/mol. The van der Waals surface area contributed by atoms with Crippen LogP contribution < -0.4 is 20.7 Å². The van der Waals surface area contributed by atoms with Crippen molar-refractivity contribution in [1.29, 1.82) is 0 Å². The van der Waals surface area contributed by atoms with Crippen LogP contribution in [0.15, 0.2) is 52.8 Å². The van der Waals surface area contributed by atoms with Crippen molar-refractivity contribution < 1.29 is 24.1 Å². The molecule has 0 unspecified atom stereocenters. The number of hydrogen-bond donors (Lipinski definition) is 2. The number of nitrogens with one attached hydrogen (secondary N) is 1. The van der Waals surface area contributed by atoms with Crippen LogP contribution in [0.1, 0.15) is 5.56 Å². The minimum absolute atomic E-state index is 0.0721. The number of carbonyl (C=O) groups excluding carboxylic acids is 3. The fraction of sp³-hybridized carbons (Fsp3) is 0.273. The number of nitrogens with two attached hydrogens (primary N) is 1. The number of β-lactam (4-membered cyclic amide) rings is 1. The molecular weight excluding hydrogens is 565 g/mol. The highest BCUT2D eigenvalue weighted by molar-refractivity contribution is 8.01. The van der Waals surface area contributed by atoms with E-state index >= 15 is 0 Å². The first-order valence-corrected chi connectivity index (χ1v) is 13.7. The van der Waals surface area contributed by atoms with Crippen molar-refractivity contribution in [3.05, 3.63) is 63.8 Å². The standard InChI is InChI=1S/C22H19Cl2N5O4S3/c23-14-5-11(6-15(24)26-14)7-17(34)27-18-20(31)29-19(22(32)33)12(10-36-21(18)29)9-35-13-1-3-28(4-2-13)8-16(25)30/h1-6,18,21H,7-10H2,(H3-,25,27,30,32,33,34)/t18-,21-/m1/s1. The fourth-order valence-electron chi connectivity index (χ4n) is 3.80. The molecule has 188 valence electrons. The van der Waals surface area contributed by atoms with Gasteiger partial charge in [-0.05, 0) is 23.3 Å². The second-order valence-corrected chi connectivity index (χ2v) is 11.4. The molecule has 4 heterocycles. The van der Waals surface area contributed by atoms with E-state index in [1.165, 1.54) is 28.4 Å². The van der Waals surface area contributed by atoms with E-state index in [1.54, 1.807) is 29.1 Å². The molecule has 2 aromatic heterocycles. The van der Waals surface area contributed by atoms with Gasteiger partial charge in [-0.1, -0.05) is 35.4 Å². The predicted molar refractivity (Wildman–Crippen MR) is 139 cm³/mol. The molecule has 1 fully saturated rings. The number of nitrogens with zero attached hydrogens (tertiary/aromatic N) is 3. The maximum Gasteiger partial charge on any atom is 0.283 e. The highest BCUT2D eigenvalue weighted by Gasteiger charge is 2.52. The second kappa shape index (κ2) is 11.3. The Labute approximate surface area is 230 Å². The maximum absolute atomic E-state index is 12.9. The van der Waals surface area contributed by atoms with Crippen LogP contribution in [0.25, 0.3) is 0 Å². The molecule has 0 bridgehead atoms. The maximum atomic E-state index is 12.9. The van der Waals surface area contributed by atoms with Crippen molar-refractivity contribution in [3.8, 4) is 0 Å². The fourth-order valence-corrected chi connectivity index (χ4v) is 6.97. The van der Waals surface area contributed by atoms with E-state index in [4.69, 9.17) is 41.2 Å². The molecule has 2 atom stereocenters. The number of carbonyl (C=O) groups is 3. The lowest BCUT2D eigenvalue weighted by Gasteiger charge is -2.51. The molecule has 36 heavy (non-hydrogen) atoms. The number of halogens is 2. The number of amides is 2. The van der Waals surface area contributed by atoms with E-state index in [1.807, 2.05) is 12.1 Å². The molecular formula is C22H19Cl2N5O4S3. The Balaban J connectivity index is 1.40. The zero-order valence-electron chi connectivity index (χ0n) is 18.5. The van der Waals surface area contributed by atoms with Crippen LogP contribution in [0.5, 0.6) is 0 Å². The lowest BCUT2D eigenvalue weighted by Crippen LogP contribution is -2.71. The molecule has 4 rings (SSSR count). The van der Waals surface area contributed by atoms with Crippen LogP contribution >= 0.6 is 58.9 Å². The summed E-state index contributed by atoms with van der Waals surface area (Å²) in [7, 11) is 0. The van der Waals surface area contributed by atoms with Gasteiger partial charge >= 0.3 is 0 Å². The van der Waals surface area contributed by atoms with E-state index in [2.05, 4.69) is 10.3 Å². The number of aromatic nitrogens is 2. The summed E-state index contributed by atoms with van der Waals surface area (Å²) in [5.74, 6) is -1.42. The Morgan fingerprint density at radius 3 is 2.58 bits per heavy atom. The number of hydrogen-bond acceptors (Lipinski definition) is 8. The lowest BCUT2D eigenvalue weighted by atomic mass is 10.0. The smallest absolute Gasteiger partial charge is 0.283 e. The third-order valence-electron chi connectivity index (χ3n) is 5.36. The summed E-state index contributed by atoms with van der Waals surface area (Å²) in [5, 5.41) is 15.1. The molecule has 9 nitrogen and oxygen atoms in total. The number of pyridine rings is 2. The van der Waals surface area contributed by atoms with Crippen LogP contribution in [0, 0.1) is 0 Å². The van der Waals surface area contributed by atoms with Crippen LogP contribution in [-0.2, 0) is 27.3 Å². The van der Waals surface area contributed by atoms with Crippen LogP contribution in [0.3, 0.4) is 0 Å². The van der Waals surface area contributed by atoms with Crippen LogP contribution in [0.4, 0.5) is 0 Å². The molecule has 3 N–H and O–H groups in total. The zero-order chi connectivity index (χ0) is 26.0. The largest absolute Gasteiger partial charge is 0.543 e. The molecule has 0 saturated carbocycles. The summed E-state index contributed by atoms with van der Waals surface area (Å²) in [6, 6.07) is 6.25. The van der Waals surface area contributed by atoms with Crippen molar-refractivity contribution in [1.82, 2.24) is 15.2 Å². The first-order chi connectivity index (χ1) is 17.1. The van der Waals surface area contributed by atoms with Gasteiger partial charge in [0.25, 0.3) is 11.8 Å². The Bertz CT molecular complexity index is 1250. The average molecular weight is 585 g/mol. The van der Waals surface area contributed by atoms with Crippen molar-refractivity contribution in [2.24, 2.45) is 5.73 Å². The summed E-state index contributed by atoms with van der Waals surface area (Å²) in [4.78, 5) is 42.4. The third kappa shape index (κ3) is 6.12. The number of thioether (sulfide) groups is 2. The van der Waals surface area contributed by atoms with Gasteiger partial charge in [-0.25, -0.2) is 4.98 Å². The Morgan fingerprint density at radius 2 is 1.97 bits per heavy atom. The summed E-state index contributed by atoms with van der Waals surface area (Å²) in [5.41, 5.74) is 6.45. The van der Waals surface area contributed by atoms with Crippen molar-refractivity contribution in [2.45, 2.75) is 29.3 Å². The van der Waals surface area contributed by atoms with E-state index in [0.717, 1.165) is 10.5 Å². The molecule has 1 saturated heterocycles. The second-order valence-electron chi connectivity index (χ2n) is 7.95. The number of fused-ring (bicyclic) bond motifs is 1. The molecule has 0 radical (unpaired) electrons. The number of carboxylic acid groups (broad SMARTS) is 1. The highest BCUT2D eigenvalue weighted by atomic mass is 35.5. The summed E-state index contributed by atoms with van der Waals surface area (Å²) in [6.07, 6.45) is 3.75. The van der Waals surface area contributed by atoms with Gasteiger partial charge in [-0.3, -0.25) is 14.5 Å². The number of thiocarbonyl (C=S) groups is 1. The normalized spacial score (nSPS) is 18.9. The predicted octanol–water partition coefficient (Wildman–Crippen LogP) is 0.701. The third-order valence-corrected chi connectivity index (χ3v) is 8.44. The molecule has 0 aromatic carbocycles. The van der Waals surface area contributed by atoms with Crippen LogP contribution in [-0.4, -0.2) is 55.6 Å². The van der Waals surface area contributed by atoms with E-state index in [9.17, 15) is 19.5 Å². The number of primary amides is 1. The molecule has 0 spiro atoms. The molecule has 14 heteroatoms. The summed E-state index contributed by atoms with van der Waals surface area (Å²) >= 11 is 20.2. The average Bonchev–Trinajstić information content (AvgIpc) is 2.80. The van der Waals surface area contributed by atoms with Crippen molar-refractivity contribution in [2.75, 3.05) is 11.5 Å². The summed E-state index contributed by atoms with van der Waals surface area (Å²) in [6.45, 7) is 0.0721. The van der Waals surface area contributed by atoms with E-state index in [-0.39, 0.29) is 28.5 Å². The minimum Gasteiger partial charge on any atom is -0.543 e. The molecule has 2 aliphatic heterocycles. The Morgan fingerprint density at radius 1 is 1.31 bits per heavy atom. The quantitative estimate of drug-likeness (QED) is 0.144. The SMILES string of the molecule is NC(=O)C[n+]1ccc(SCC2=C(C(=O)[O-])N3C(=O)[C@@H](NC(=S)Cc4cc(Cl)nc(Cl)c4)[C@H]3SC2)cc1. The highest BCUT2D eigenvalue weighted by Crippen LogP contribution is 2.41. The lowest BCUT2D eigenvalue weighted by molar-refractivity contribution is -0.684. The number of rotatable bonds is 9. The number of carboxylic acids is 1. The summed E-state index contributed by atoms with van der Waals surface area (Å²) < 4.78 is 1.65. The van der Waals surface area contributed by atoms with Crippen molar-refractivity contribution >= 4 is 81.7 Å².